The molecule has 37 heavy (non-hydrogen) atoms. The van der Waals surface area contributed by atoms with Crippen molar-refractivity contribution in [3.8, 4) is 27.5 Å². The molecular formula is C31H31ClN2O2S. The van der Waals surface area contributed by atoms with E-state index >= 15 is 0 Å². The van der Waals surface area contributed by atoms with Gasteiger partial charge < -0.3 is 0 Å². The maximum Gasteiger partial charge on any atom is 0.265 e. The summed E-state index contributed by atoms with van der Waals surface area (Å²) in [7, 11) is 0. The average molecular weight is 531 g/mol. The molecule has 0 saturated heterocycles. The van der Waals surface area contributed by atoms with Crippen LogP contribution >= 0.6 is 22.9 Å². The summed E-state index contributed by atoms with van der Waals surface area (Å²) in [5.74, 6) is 0.0829. The molecule has 0 aliphatic heterocycles. The Morgan fingerprint density at radius 3 is 2.24 bits per heavy atom. The predicted octanol–water partition coefficient (Wildman–Crippen LogP) is 7.87. The van der Waals surface area contributed by atoms with Crippen LogP contribution in [0.5, 0.6) is 0 Å². The number of Topliss-reactive ketones (excluding diaryl/α,β-unsaturated/α-hetero) is 1. The number of thiazole rings is 1. The molecule has 1 aliphatic carbocycles. The summed E-state index contributed by atoms with van der Waals surface area (Å²) in [5.41, 5.74) is 6.52. The third-order valence-corrected chi connectivity index (χ3v) is 8.48. The van der Waals surface area contributed by atoms with Crippen molar-refractivity contribution in [2.75, 3.05) is 0 Å². The molecule has 1 aliphatic rings. The molecule has 0 bridgehead atoms. The number of aryl methyl sites for hydroxylation is 3. The summed E-state index contributed by atoms with van der Waals surface area (Å²) in [6.45, 7) is 10.4. The highest BCUT2D eigenvalue weighted by atomic mass is 35.5. The molecule has 0 N–H and O–H groups in total. The second-order valence-electron chi connectivity index (χ2n) is 10.6. The number of fused-ring (bicyclic) bond motifs is 1. The van der Waals surface area contributed by atoms with Crippen LogP contribution < -0.4 is 5.56 Å². The van der Waals surface area contributed by atoms with Crippen molar-refractivity contribution in [3.05, 3.63) is 91.2 Å². The number of nitrogens with zero attached hydrogens (tertiary/aromatic N) is 2. The number of pyridine rings is 1. The molecule has 0 saturated carbocycles. The number of carbonyl (C=O) groups is 1. The minimum Gasteiger partial charge on any atom is -0.294 e. The number of ketones is 1. The first-order valence-electron chi connectivity index (χ1n) is 12.8. The van der Waals surface area contributed by atoms with Crippen molar-refractivity contribution in [3.63, 3.8) is 0 Å². The lowest BCUT2D eigenvalue weighted by Gasteiger charge is -2.33. The topological polar surface area (TPSA) is 52.0 Å². The zero-order valence-electron chi connectivity index (χ0n) is 21.9. The predicted molar refractivity (Wildman–Crippen MR) is 154 cm³/mol. The minimum atomic E-state index is -0.215. The first-order valence-corrected chi connectivity index (χ1v) is 14.0. The molecule has 0 unspecified atom stereocenters. The highest BCUT2D eigenvalue weighted by Gasteiger charge is 2.35. The van der Waals surface area contributed by atoms with Gasteiger partial charge in [-0.05, 0) is 60.9 Å². The van der Waals surface area contributed by atoms with Gasteiger partial charge in [-0.2, -0.15) is 0 Å². The maximum absolute atomic E-state index is 14.4. The summed E-state index contributed by atoms with van der Waals surface area (Å²) in [4.78, 5) is 33.8. The lowest BCUT2D eigenvalue weighted by atomic mass is 9.75. The van der Waals surface area contributed by atoms with Crippen LogP contribution in [0.1, 0.15) is 66.2 Å². The normalized spacial score (nSPS) is 14.6. The molecule has 0 fully saturated rings. The van der Waals surface area contributed by atoms with Gasteiger partial charge in [0, 0.05) is 33.1 Å². The van der Waals surface area contributed by atoms with Crippen LogP contribution in [0.25, 0.3) is 27.5 Å². The van der Waals surface area contributed by atoms with Crippen LogP contribution in [-0.2, 0) is 19.3 Å². The van der Waals surface area contributed by atoms with E-state index in [1.165, 1.54) is 11.3 Å². The fourth-order valence-electron chi connectivity index (χ4n) is 5.39. The smallest absolute Gasteiger partial charge is 0.265 e. The van der Waals surface area contributed by atoms with E-state index in [1.54, 1.807) is 6.07 Å². The Bertz CT molecular complexity index is 1560. The molecular weight excluding hydrogens is 500 g/mol. The summed E-state index contributed by atoms with van der Waals surface area (Å²) >= 11 is 7.58. The Morgan fingerprint density at radius 1 is 0.973 bits per heavy atom. The molecule has 4 nitrogen and oxygen atoms in total. The zero-order valence-corrected chi connectivity index (χ0v) is 23.5. The van der Waals surface area contributed by atoms with Gasteiger partial charge in [-0.3, -0.25) is 14.2 Å². The van der Waals surface area contributed by atoms with Crippen LogP contribution in [0, 0.1) is 12.3 Å². The van der Waals surface area contributed by atoms with Crippen LogP contribution in [0.2, 0.25) is 5.02 Å². The summed E-state index contributed by atoms with van der Waals surface area (Å²) in [5, 5.41) is 1.30. The summed E-state index contributed by atoms with van der Waals surface area (Å²) in [6.07, 6.45) is 2.71. The lowest BCUT2D eigenvalue weighted by Crippen LogP contribution is -2.35. The number of hydrogen-bond acceptors (Lipinski definition) is 4. The molecule has 4 aromatic rings. The van der Waals surface area contributed by atoms with Gasteiger partial charge in [0.25, 0.3) is 5.56 Å². The van der Waals surface area contributed by atoms with Crippen molar-refractivity contribution < 1.29 is 4.79 Å². The number of hydrogen-bond donors (Lipinski definition) is 0. The highest BCUT2D eigenvalue weighted by molar-refractivity contribution is 7.15. The number of aromatic nitrogens is 2. The van der Waals surface area contributed by atoms with Crippen LogP contribution in [-0.4, -0.2) is 15.3 Å². The zero-order chi connectivity index (χ0) is 26.5. The molecule has 2 aromatic carbocycles. The largest absolute Gasteiger partial charge is 0.294 e. The number of para-hydroxylation sites is 1. The molecule has 0 radical (unpaired) electrons. The fourth-order valence-corrected chi connectivity index (χ4v) is 6.46. The number of rotatable bonds is 5. The van der Waals surface area contributed by atoms with Gasteiger partial charge >= 0.3 is 0 Å². The van der Waals surface area contributed by atoms with Crippen molar-refractivity contribution in [1.82, 2.24) is 9.55 Å². The van der Waals surface area contributed by atoms with Crippen molar-refractivity contribution in [1.29, 1.82) is 0 Å². The van der Waals surface area contributed by atoms with E-state index in [4.69, 9.17) is 16.6 Å². The second kappa shape index (κ2) is 9.70. The standard InChI is InChI=1S/C31H31ClN2O2S/c1-6-19-9-8-10-20(7-2)28(19)34-25-16-31(4,5)17-26(35)23(25)15-24(30(34)36)29-33-27(18(3)37-29)21-11-13-22(32)14-12-21/h8-15H,6-7,16-17H2,1-5H3. The number of carbonyl (C=O) groups excluding carboxylic acids is 1. The quantitative estimate of drug-likeness (QED) is 0.264. The van der Waals surface area contributed by atoms with E-state index in [2.05, 4.69) is 45.9 Å². The molecule has 6 heteroatoms. The SMILES string of the molecule is CCc1cccc(CC)c1-n1c2c(cc(-c3nc(-c4ccc(Cl)cc4)c(C)s3)c1=O)C(=O)CC(C)(C)C2. The Labute approximate surface area is 227 Å². The third-order valence-electron chi connectivity index (χ3n) is 7.22. The number of halogens is 1. The molecule has 0 atom stereocenters. The van der Waals surface area contributed by atoms with E-state index in [-0.39, 0.29) is 16.8 Å². The van der Waals surface area contributed by atoms with E-state index in [0.717, 1.165) is 51.5 Å². The third kappa shape index (κ3) is 4.60. The monoisotopic (exact) mass is 530 g/mol. The Kier molecular flexibility index (Phi) is 6.71. The second-order valence-corrected chi connectivity index (χ2v) is 12.2. The highest BCUT2D eigenvalue weighted by Crippen LogP contribution is 2.39. The van der Waals surface area contributed by atoms with Gasteiger partial charge in [0.1, 0.15) is 5.01 Å². The van der Waals surface area contributed by atoms with Crippen molar-refractivity contribution in [2.45, 2.75) is 60.3 Å². The van der Waals surface area contributed by atoms with E-state index in [0.29, 0.717) is 34.0 Å². The van der Waals surface area contributed by atoms with Crippen LogP contribution in [0.3, 0.4) is 0 Å². The van der Waals surface area contributed by atoms with Crippen LogP contribution in [0.15, 0.2) is 53.3 Å². The molecule has 2 aromatic heterocycles. The van der Waals surface area contributed by atoms with Crippen molar-refractivity contribution in [2.24, 2.45) is 5.41 Å². The van der Waals surface area contributed by atoms with Gasteiger partial charge in [0.05, 0.1) is 16.9 Å². The average Bonchev–Trinajstić information content (AvgIpc) is 3.24. The maximum atomic E-state index is 14.4. The van der Waals surface area contributed by atoms with Crippen LogP contribution in [0.4, 0.5) is 0 Å². The van der Waals surface area contributed by atoms with Gasteiger partial charge in [-0.25, -0.2) is 4.98 Å². The van der Waals surface area contributed by atoms with E-state index in [1.807, 2.05) is 35.8 Å². The molecule has 0 amide bonds. The Hall–Kier alpha value is -3.02. The summed E-state index contributed by atoms with van der Waals surface area (Å²) < 4.78 is 1.85. The molecule has 190 valence electrons. The molecule has 0 spiro atoms. The van der Waals surface area contributed by atoms with Gasteiger partial charge in [-0.1, -0.05) is 69.6 Å². The Morgan fingerprint density at radius 2 is 1.62 bits per heavy atom. The fraction of sp³-hybridized carbons (Fsp3) is 0.323. The molecule has 5 rings (SSSR count). The van der Waals surface area contributed by atoms with Crippen molar-refractivity contribution >= 4 is 28.7 Å². The Balaban J connectivity index is 1.81. The van der Waals surface area contributed by atoms with E-state index in [9.17, 15) is 9.59 Å². The van der Waals surface area contributed by atoms with E-state index < -0.39 is 0 Å². The van der Waals surface area contributed by atoms with Gasteiger partial charge in [-0.15, -0.1) is 11.3 Å². The first kappa shape index (κ1) is 25.6. The number of benzene rings is 2. The summed E-state index contributed by atoms with van der Waals surface area (Å²) in [6, 6.07) is 15.6. The lowest BCUT2D eigenvalue weighted by molar-refractivity contribution is 0.0909. The first-order chi connectivity index (χ1) is 17.6. The van der Waals surface area contributed by atoms with Gasteiger partial charge in [0.2, 0.25) is 0 Å². The molecule has 2 heterocycles. The minimum absolute atomic E-state index is 0.0829. The van der Waals surface area contributed by atoms with Gasteiger partial charge in [0.15, 0.2) is 5.78 Å².